The number of carbonyl (C=O) groups excluding carboxylic acids is 1. The van der Waals surface area contributed by atoms with Gasteiger partial charge >= 0.3 is 5.97 Å². The van der Waals surface area contributed by atoms with Crippen molar-refractivity contribution < 1.29 is 19.4 Å². The fraction of sp³-hybridized carbons (Fsp3) is 0.391. The van der Waals surface area contributed by atoms with Crippen LogP contribution in [-0.4, -0.2) is 50.3 Å². The molecule has 160 valence electrons. The van der Waals surface area contributed by atoms with Gasteiger partial charge in [-0.05, 0) is 42.5 Å². The van der Waals surface area contributed by atoms with E-state index in [0.717, 1.165) is 43.3 Å². The van der Waals surface area contributed by atoms with E-state index in [1.165, 1.54) is 0 Å². The van der Waals surface area contributed by atoms with Crippen LogP contribution in [0.5, 0.6) is 5.75 Å². The average Bonchev–Trinajstić information content (AvgIpc) is 2.73. The third kappa shape index (κ3) is 4.84. The molecule has 1 heterocycles. The van der Waals surface area contributed by atoms with Crippen molar-refractivity contribution in [3.63, 3.8) is 0 Å². The number of hydrogen-bond acceptors (Lipinski definition) is 5. The van der Waals surface area contributed by atoms with E-state index in [-0.39, 0.29) is 11.5 Å². The predicted octanol–water partition coefficient (Wildman–Crippen LogP) is 3.70. The molecule has 2 aromatic carbocycles. The highest BCUT2D eigenvalue weighted by atomic mass is 16.5. The van der Waals surface area contributed by atoms with E-state index in [0.29, 0.717) is 5.69 Å². The number of piperazine rings is 1. The van der Waals surface area contributed by atoms with E-state index in [1.54, 1.807) is 40.0 Å². The predicted molar refractivity (Wildman–Crippen MR) is 119 cm³/mol. The number of ether oxygens (including phenoxy) is 1. The molecular formula is C23H29N3O4. The highest BCUT2D eigenvalue weighted by molar-refractivity contribution is 6.02. The van der Waals surface area contributed by atoms with Crippen molar-refractivity contribution in [2.24, 2.45) is 5.41 Å². The van der Waals surface area contributed by atoms with E-state index in [4.69, 9.17) is 4.74 Å². The van der Waals surface area contributed by atoms with Crippen LogP contribution in [0.2, 0.25) is 0 Å². The van der Waals surface area contributed by atoms with Crippen molar-refractivity contribution in [3.8, 4) is 5.75 Å². The topological polar surface area (TPSA) is 82.1 Å². The second-order valence-corrected chi connectivity index (χ2v) is 8.41. The van der Waals surface area contributed by atoms with Crippen LogP contribution < -0.4 is 19.9 Å². The second kappa shape index (κ2) is 8.65. The van der Waals surface area contributed by atoms with Crippen LogP contribution in [-0.2, 0) is 4.79 Å². The van der Waals surface area contributed by atoms with Crippen molar-refractivity contribution >= 4 is 28.9 Å². The molecule has 3 rings (SSSR count). The smallest absolute Gasteiger partial charge is 0.337 e. The molecule has 30 heavy (non-hydrogen) atoms. The van der Waals surface area contributed by atoms with Gasteiger partial charge in [-0.25, -0.2) is 4.79 Å². The molecule has 0 aromatic heterocycles. The molecule has 2 N–H and O–H groups in total. The Morgan fingerprint density at radius 3 is 1.97 bits per heavy atom. The number of carboxylic acid groups (broad SMARTS) is 1. The second-order valence-electron chi connectivity index (χ2n) is 8.41. The number of rotatable bonds is 5. The Kier molecular flexibility index (Phi) is 6.20. The normalized spacial score (nSPS) is 14.4. The molecule has 0 aliphatic carbocycles. The number of amides is 1. The van der Waals surface area contributed by atoms with Crippen molar-refractivity contribution in [2.75, 3.05) is 48.4 Å². The minimum Gasteiger partial charge on any atom is -0.497 e. The van der Waals surface area contributed by atoms with Gasteiger partial charge < -0.3 is 25.0 Å². The standard InChI is InChI=1S/C23H29N3O4/c1-23(2,3)22(29)24-20-10-7-17(15-19(20)21(27)28)26-13-11-25(12-14-26)16-5-8-18(30-4)9-6-16/h5-10,15H,11-14H2,1-4H3,(H,24,29)(H,27,28). The maximum atomic E-state index is 12.3. The highest BCUT2D eigenvalue weighted by Crippen LogP contribution is 2.27. The number of nitrogens with zero attached hydrogens (tertiary/aromatic N) is 2. The molecule has 1 fully saturated rings. The summed E-state index contributed by atoms with van der Waals surface area (Å²) in [5.74, 6) is -0.444. The number of benzene rings is 2. The molecule has 0 atom stereocenters. The first-order valence-corrected chi connectivity index (χ1v) is 10.0. The Hall–Kier alpha value is -3.22. The fourth-order valence-corrected chi connectivity index (χ4v) is 3.34. The number of anilines is 3. The quantitative estimate of drug-likeness (QED) is 0.781. The van der Waals surface area contributed by atoms with Gasteiger partial charge in [-0.1, -0.05) is 20.8 Å². The molecule has 2 aromatic rings. The third-order valence-electron chi connectivity index (χ3n) is 5.25. The first kappa shape index (κ1) is 21.5. The maximum absolute atomic E-state index is 12.3. The largest absolute Gasteiger partial charge is 0.497 e. The minimum atomic E-state index is -1.06. The number of carbonyl (C=O) groups is 2. The number of carboxylic acids is 1. The number of aromatic carboxylic acids is 1. The molecule has 7 nitrogen and oxygen atoms in total. The lowest BCUT2D eigenvalue weighted by molar-refractivity contribution is -0.123. The highest BCUT2D eigenvalue weighted by Gasteiger charge is 2.24. The van der Waals surface area contributed by atoms with Gasteiger partial charge in [0.2, 0.25) is 5.91 Å². The summed E-state index contributed by atoms with van der Waals surface area (Å²) < 4.78 is 5.21. The molecule has 0 saturated carbocycles. The van der Waals surface area contributed by atoms with E-state index in [9.17, 15) is 14.7 Å². The maximum Gasteiger partial charge on any atom is 0.337 e. The van der Waals surface area contributed by atoms with Gasteiger partial charge in [0.05, 0.1) is 18.4 Å². The van der Waals surface area contributed by atoms with Gasteiger partial charge in [0.15, 0.2) is 0 Å². The van der Waals surface area contributed by atoms with E-state index in [2.05, 4.69) is 15.1 Å². The van der Waals surface area contributed by atoms with Crippen LogP contribution in [0.15, 0.2) is 42.5 Å². The molecule has 1 aliphatic heterocycles. The van der Waals surface area contributed by atoms with Gasteiger partial charge in [-0.2, -0.15) is 0 Å². The summed E-state index contributed by atoms with van der Waals surface area (Å²) in [5, 5.41) is 12.4. The first-order chi connectivity index (χ1) is 14.2. The van der Waals surface area contributed by atoms with Crippen LogP contribution in [0.4, 0.5) is 17.1 Å². The molecule has 1 saturated heterocycles. The molecule has 1 aliphatic rings. The monoisotopic (exact) mass is 411 g/mol. The molecule has 7 heteroatoms. The van der Waals surface area contributed by atoms with Crippen molar-refractivity contribution in [1.29, 1.82) is 0 Å². The zero-order valence-corrected chi connectivity index (χ0v) is 17.9. The molecule has 1 amide bonds. The Bertz CT molecular complexity index is 911. The minimum absolute atomic E-state index is 0.0997. The summed E-state index contributed by atoms with van der Waals surface area (Å²) in [6.45, 7) is 8.59. The summed E-state index contributed by atoms with van der Waals surface area (Å²) in [5.41, 5.74) is 1.80. The third-order valence-corrected chi connectivity index (χ3v) is 5.25. The van der Waals surface area contributed by atoms with Crippen LogP contribution in [0, 0.1) is 5.41 Å². The van der Waals surface area contributed by atoms with Gasteiger partial charge in [0, 0.05) is 43.0 Å². The molecule has 0 bridgehead atoms. The summed E-state index contributed by atoms with van der Waals surface area (Å²) in [4.78, 5) is 28.5. The molecule has 0 radical (unpaired) electrons. The Morgan fingerprint density at radius 2 is 1.47 bits per heavy atom. The SMILES string of the molecule is COc1ccc(N2CCN(c3ccc(NC(=O)C(C)(C)C)c(C(=O)O)c3)CC2)cc1. The summed E-state index contributed by atoms with van der Waals surface area (Å²) >= 11 is 0. The van der Waals surface area contributed by atoms with Gasteiger partial charge in [0.1, 0.15) is 5.75 Å². The number of nitrogens with one attached hydrogen (secondary N) is 1. The summed E-state index contributed by atoms with van der Waals surface area (Å²) in [7, 11) is 1.65. The zero-order valence-electron chi connectivity index (χ0n) is 17.9. The van der Waals surface area contributed by atoms with E-state index in [1.807, 2.05) is 30.3 Å². The summed E-state index contributed by atoms with van der Waals surface area (Å²) in [6, 6.07) is 13.2. The van der Waals surface area contributed by atoms with Crippen molar-refractivity contribution in [2.45, 2.75) is 20.8 Å². The zero-order chi connectivity index (χ0) is 21.9. The summed E-state index contributed by atoms with van der Waals surface area (Å²) in [6.07, 6.45) is 0. The van der Waals surface area contributed by atoms with Crippen LogP contribution in [0.25, 0.3) is 0 Å². The van der Waals surface area contributed by atoms with Crippen molar-refractivity contribution in [1.82, 2.24) is 0 Å². The van der Waals surface area contributed by atoms with Crippen LogP contribution >= 0.6 is 0 Å². The Labute approximate surface area is 177 Å². The average molecular weight is 412 g/mol. The van der Waals surface area contributed by atoms with Gasteiger partial charge in [0.25, 0.3) is 0 Å². The number of hydrogen-bond donors (Lipinski definition) is 2. The van der Waals surface area contributed by atoms with E-state index < -0.39 is 11.4 Å². The Balaban J connectivity index is 1.71. The van der Waals surface area contributed by atoms with E-state index >= 15 is 0 Å². The lowest BCUT2D eigenvalue weighted by Crippen LogP contribution is -2.46. The molecule has 0 spiro atoms. The fourth-order valence-electron chi connectivity index (χ4n) is 3.34. The Morgan fingerprint density at radius 1 is 0.933 bits per heavy atom. The first-order valence-electron chi connectivity index (χ1n) is 10.0. The van der Waals surface area contributed by atoms with Crippen molar-refractivity contribution in [3.05, 3.63) is 48.0 Å². The molecular weight excluding hydrogens is 382 g/mol. The van der Waals surface area contributed by atoms with Gasteiger partial charge in [-0.15, -0.1) is 0 Å². The van der Waals surface area contributed by atoms with Crippen LogP contribution in [0.1, 0.15) is 31.1 Å². The van der Waals surface area contributed by atoms with Gasteiger partial charge in [-0.3, -0.25) is 4.79 Å². The number of methoxy groups -OCH3 is 1. The lowest BCUT2D eigenvalue weighted by atomic mass is 9.95. The lowest BCUT2D eigenvalue weighted by Gasteiger charge is -2.37. The van der Waals surface area contributed by atoms with Crippen LogP contribution in [0.3, 0.4) is 0 Å². The molecule has 0 unspecified atom stereocenters.